The summed E-state index contributed by atoms with van der Waals surface area (Å²) in [5, 5.41) is 2.48. The van der Waals surface area contributed by atoms with E-state index in [1.54, 1.807) is 0 Å². The molecular weight excluding hydrogens is 355 g/mol. The minimum atomic E-state index is -1.04. The van der Waals surface area contributed by atoms with E-state index in [4.69, 9.17) is 4.99 Å². The van der Waals surface area contributed by atoms with Gasteiger partial charge >= 0.3 is 14.4 Å². The lowest BCUT2D eigenvalue weighted by Gasteiger charge is -2.16. The Balaban J connectivity index is 1.69. The van der Waals surface area contributed by atoms with Gasteiger partial charge in [-0.3, -0.25) is 4.99 Å². The van der Waals surface area contributed by atoms with Crippen molar-refractivity contribution in [1.29, 1.82) is 0 Å². The van der Waals surface area contributed by atoms with Crippen LogP contribution in [0.1, 0.15) is 29.2 Å². The fourth-order valence-corrected chi connectivity index (χ4v) is 5.58. The molecule has 0 heterocycles. The highest BCUT2D eigenvalue weighted by atomic mass is 27.2. The zero-order valence-electron chi connectivity index (χ0n) is 17.2. The molecule has 1 N–H and O–H groups in total. The molecule has 0 saturated carbocycles. The number of hydrogen-bond acceptors (Lipinski definition) is 2. The standard InChI is InChI=1S/C16H16N.C7H8N.C2H5.Al/c1-3-14-9-5-6-10-15(14)12-17-16-11-7-4-8-13(16)2;1-6-4-2-3-5-7(6)8;1-2;/h4-12H,1,3H2,2H3;2-5,8H,1H3;1H2,2H3;/q;-1;;+1. The SMILES string of the molecule is C[CH2][Al]([CH2]Cc1ccccc1C=Nc1ccccc1C)[NH]c1ccccc1C. The predicted molar refractivity (Wildman–Crippen MR) is 124 cm³/mol. The number of aryl methyl sites for hydroxylation is 3. The second kappa shape index (κ2) is 10.3. The molecule has 3 rings (SSSR count). The highest BCUT2D eigenvalue weighted by Gasteiger charge is 2.17. The van der Waals surface area contributed by atoms with Crippen molar-refractivity contribution in [2.45, 2.75) is 37.8 Å². The molecule has 0 saturated heterocycles. The molecule has 2 nitrogen and oxygen atoms in total. The summed E-state index contributed by atoms with van der Waals surface area (Å²) in [4.78, 5) is 4.73. The molecule has 0 aliphatic carbocycles. The molecule has 0 radical (unpaired) electrons. The first kappa shape index (κ1) is 20.4. The van der Waals surface area contributed by atoms with Crippen molar-refractivity contribution in [3.05, 3.63) is 95.1 Å². The van der Waals surface area contributed by atoms with Crippen LogP contribution < -0.4 is 4.30 Å². The Kier molecular flexibility index (Phi) is 7.48. The smallest absolute Gasteiger partial charge is 0.411 e. The zero-order chi connectivity index (χ0) is 19.8. The monoisotopic (exact) mass is 384 g/mol. The van der Waals surface area contributed by atoms with Gasteiger partial charge in [-0.05, 0) is 54.7 Å². The van der Waals surface area contributed by atoms with Crippen molar-refractivity contribution in [1.82, 2.24) is 0 Å². The molecule has 0 spiro atoms. The van der Waals surface area contributed by atoms with Crippen LogP contribution in [0, 0.1) is 13.8 Å². The Labute approximate surface area is 174 Å². The minimum Gasteiger partial charge on any atom is -0.476 e. The van der Waals surface area contributed by atoms with Gasteiger partial charge in [-0.25, -0.2) is 0 Å². The van der Waals surface area contributed by atoms with Crippen molar-refractivity contribution < 1.29 is 0 Å². The van der Waals surface area contributed by atoms with Crippen LogP contribution >= 0.6 is 0 Å². The van der Waals surface area contributed by atoms with E-state index in [0.717, 1.165) is 12.1 Å². The molecule has 28 heavy (non-hydrogen) atoms. The van der Waals surface area contributed by atoms with Gasteiger partial charge in [0, 0.05) is 11.9 Å². The number of rotatable bonds is 8. The summed E-state index contributed by atoms with van der Waals surface area (Å²) in [6, 6.07) is 25.5. The van der Waals surface area contributed by atoms with E-state index in [9.17, 15) is 0 Å². The third kappa shape index (κ3) is 5.58. The Bertz CT molecular complexity index is 933. The molecular formula is C25H29AlN2. The summed E-state index contributed by atoms with van der Waals surface area (Å²) in [5.41, 5.74) is 7.49. The first-order chi connectivity index (χ1) is 13.7. The lowest BCUT2D eigenvalue weighted by atomic mass is 10.1. The van der Waals surface area contributed by atoms with Crippen LogP contribution in [0.2, 0.25) is 10.6 Å². The molecule has 0 atom stereocenters. The third-order valence-corrected chi connectivity index (χ3v) is 7.96. The first-order valence-electron chi connectivity index (χ1n) is 10.2. The Morgan fingerprint density at radius 2 is 1.54 bits per heavy atom. The maximum atomic E-state index is 4.73. The number of anilines is 1. The molecule has 3 aromatic carbocycles. The van der Waals surface area contributed by atoms with Gasteiger partial charge in [-0.2, -0.15) is 0 Å². The lowest BCUT2D eigenvalue weighted by Crippen LogP contribution is -2.24. The van der Waals surface area contributed by atoms with Crippen molar-refractivity contribution in [2.75, 3.05) is 4.30 Å². The molecule has 142 valence electrons. The first-order valence-corrected chi connectivity index (χ1v) is 12.4. The fourth-order valence-electron chi connectivity index (χ4n) is 3.40. The van der Waals surface area contributed by atoms with E-state index in [1.807, 2.05) is 12.3 Å². The lowest BCUT2D eigenvalue weighted by molar-refractivity contribution is 1.09. The van der Waals surface area contributed by atoms with E-state index in [0.29, 0.717) is 0 Å². The topological polar surface area (TPSA) is 24.4 Å². The van der Waals surface area contributed by atoms with E-state index >= 15 is 0 Å². The largest absolute Gasteiger partial charge is 0.476 e. The van der Waals surface area contributed by atoms with Gasteiger partial charge in [0.15, 0.2) is 0 Å². The quantitative estimate of drug-likeness (QED) is 0.338. The van der Waals surface area contributed by atoms with Gasteiger partial charge < -0.3 is 4.30 Å². The second-order valence-electron chi connectivity index (χ2n) is 7.35. The van der Waals surface area contributed by atoms with Gasteiger partial charge in [-0.1, -0.05) is 78.2 Å². The van der Waals surface area contributed by atoms with Gasteiger partial charge in [0.2, 0.25) is 0 Å². The highest BCUT2D eigenvalue weighted by molar-refractivity contribution is 6.62. The molecule has 0 aromatic heterocycles. The van der Waals surface area contributed by atoms with Gasteiger partial charge in [-0.15, -0.1) is 0 Å². The Hall–Kier alpha value is -2.34. The molecule has 3 aromatic rings. The molecule has 3 heteroatoms. The number of nitrogens with zero attached hydrogens (tertiary/aromatic N) is 1. The van der Waals surface area contributed by atoms with Crippen LogP contribution in [0.3, 0.4) is 0 Å². The number of benzene rings is 3. The molecule has 0 aliphatic rings. The van der Waals surface area contributed by atoms with Crippen LogP contribution in [0.25, 0.3) is 0 Å². The second-order valence-corrected chi connectivity index (χ2v) is 10.4. The molecule has 0 fully saturated rings. The van der Waals surface area contributed by atoms with Crippen molar-refractivity contribution in [2.24, 2.45) is 4.99 Å². The van der Waals surface area contributed by atoms with Crippen LogP contribution in [-0.2, 0) is 6.42 Å². The highest BCUT2D eigenvalue weighted by Crippen LogP contribution is 2.20. The maximum absolute atomic E-state index is 4.73. The average Bonchev–Trinajstić information content (AvgIpc) is 2.72. The molecule has 0 bridgehead atoms. The van der Waals surface area contributed by atoms with Gasteiger partial charge in [0.05, 0.1) is 5.69 Å². The molecule has 0 aliphatic heterocycles. The van der Waals surface area contributed by atoms with Crippen molar-refractivity contribution >= 4 is 32.0 Å². The summed E-state index contributed by atoms with van der Waals surface area (Å²) in [6.45, 7) is 6.60. The zero-order valence-corrected chi connectivity index (χ0v) is 18.3. The van der Waals surface area contributed by atoms with Gasteiger partial charge in [0.1, 0.15) is 0 Å². The number of nitrogens with one attached hydrogen (secondary N) is 1. The Morgan fingerprint density at radius 1 is 0.857 bits per heavy atom. The van der Waals surface area contributed by atoms with Crippen LogP contribution in [-0.4, -0.2) is 20.6 Å². The van der Waals surface area contributed by atoms with Crippen molar-refractivity contribution in [3.63, 3.8) is 0 Å². The minimum absolute atomic E-state index is 1.04. The summed E-state index contributed by atoms with van der Waals surface area (Å²) < 4.78 is 3.86. The van der Waals surface area contributed by atoms with Crippen molar-refractivity contribution in [3.8, 4) is 0 Å². The summed E-state index contributed by atoms with van der Waals surface area (Å²) in [5.74, 6) is 0. The van der Waals surface area contributed by atoms with E-state index in [1.165, 1.54) is 38.5 Å². The molecule has 0 amide bonds. The maximum Gasteiger partial charge on any atom is 0.411 e. The number of aliphatic imine (C=N–C) groups is 1. The Morgan fingerprint density at radius 3 is 2.29 bits per heavy atom. The normalized spacial score (nSPS) is 11.0. The predicted octanol–water partition coefficient (Wildman–Crippen LogP) is 6.72. The number of hydrogen-bond donors (Lipinski definition) is 1. The van der Waals surface area contributed by atoms with E-state index < -0.39 is 14.4 Å². The van der Waals surface area contributed by atoms with Crippen LogP contribution in [0.15, 0.2) is 77.8 Å². The van der Waals surface area contributed by atoms with E-state index in [-0.39, 0.29) is 0 Å². The molecule has 0 unspecified atom stereocenters. The van der Waals surface area contributed by atoms with Crippen LogP contribution in [0.4, 0.5) is 11.4 Å². The van der Waals surface area contributed by atoms with Gasteiger partial charge in [0.25, 0.3) is 0 Å². The van der Waals surface area contributed by atoms with Crippen LogP contribution in [0.5, 0.6) is 0 Å². The summed E-state index contributed by atoms with van der Waals surface area (Å²) in [7, 11) is 0. The summed E-state index contributed by atoms with van der Waals surface area (Å²) >= 11 is -1.04. The fraction of sp³-hybridized carbons (Fsp3) is 0.240. The van der Waals surface area contributed by atoms with E-state index in [2.05, 4.69) is 91.8 Å². The summed E-state index contributed by atoms with van der Waals surface area (Å²) in [6.07, 6.45) is 3.12. The third-order valence-electron chi connectivity index (χ3n) is 5.27. The average molecular weight is 385 g/mol. The number of para-hydroxylation sites is 2.